The summed E-state index contributed by atoms with van der Waals surface area (Å²) in [5.74, 6) is 2.59. The topological polar surface area (TPSA) is 255 Å². The van der Waals surface area contributed by atoms with Gasteiger partial charge in [-0.15, -0.1) is 0 Å². The second-order valence-electron chi connectivity index (χ2n) is 29.9. The van der Waals surface area contributed by atoms with Crippen molar-refractivity contribution in [3.63, 3.8) is 0 Å². The molecule has 9 fully saturated rings. The van der Waals surface area contributed by atoms with Crippen LogP contribution in [-0.2, 0) is 38.6 Å². The van der Waals surface area contributed by atoms with Gasteiger partial charge in [-0.1, -0.05) is 72.8 Å². The summed E-state index contributed by atoms with van der Waals surface area (Å²) in [6.07, 6.45) is 27.7. The van der Waals surface area contributed by atoms with Crippen molar-refractivity contribution in [2.24, 2.45) is 76.9 Å². The fourth-order valence-electron chi connectivity index (χ4n) is 19.0. The fourth-order valence-corrected chi connectivity index (χ4v) is 20.8. The first-order chi connectivity index (χ1) is 51.3. The van der Waals surface area contributed by atoms with E-state index < -0.39 is 21.4 Å². The van der Waals surface area contributed by atoms with E-state index in [2.05, 4.69) is 65.2 Å². The number of esters is 1. The fraction of sp³-hybridized carbons (Fsp3) is 0.470. The quantitative estimate of drug-likeness (QED) is 0.0474. The van der Waals surface area contributed by atoms with Crippen molar-refractivity contribution in [2.45, 2.75) is 134 Å². The molecular weight excluding hydrogens is 1370 g/mol. The van der Waals surface area contributed by atoms with Crippen LogP contribution in [-0.4, -0.2) is 116 Å². The van der Waals surface area contributed by atoms with Crippen molar-refractivity contribution in [3.05, 3.63) is 181 Å². The Balaban J connectivity index is 0.000000141. The van der Waals surface area contributed by atoms with Crippen LogP contribution in [0.3, 0.4) is 0 Å². The first-order valence-electron chi connectivity index (χ1n) is 37.8. The summed E-state index contributed by atoms with van der Waals surface area (Å²) >= 11 is 0. The Morgan fingerprint density at radius 1 is 0.491 bits per heavy atom. The van der Waals surface area contributed by atoms with Gasteiger partial charge in [-0.3, -0.25) is 24.5 Å². The maximum absolute atomic E-state index is 13.6. The molecule has 3 aromatic heterocycles. The number of benzene rings is 3. The maximum Gasteiger partial charge on any atom is 0.407 e. The van der Waals surface area contributed by atoms with Crippen LogP contribution in [0.1, 0.15) is 121 Å². The van der Waals surface area contributed by atoms with E-state index in [1.807, 2.05) is 66.7 Å². The zero-order valence-electron chi connectivity index (χ0n) is 60.1. The molecule has 6 aliphatic carbocycles. The standard InChI is InChI=1S/C28H32FN3O3.C28H31FN2O4.C27H32FN3O4S/c1-2-35-28(34)32-22-9-10-23-19(13-22)14-25-26(16-31-27(25)33)24(23)11-8-21-7-6-18(15-30-21)17-4-3-5-20(29)12-17;1-2-34-28(33)31-22-9-10-23-19(13-22)14-26-25(15-27(32)35-26)24(23)11-8-21-7-6-18(16-30-21)17-4-3-5-20(29)12-17;1-2-35-27(32)31-22-9-10-23-19(13-22)14-26-25(16-30-36(26,33)34)24(23)11-8-21-7-6-18(15-29-21)17-4-3-5-20(28)12-17/h3-8,11-12,15,19,22-26H,2,9-10,13-14,16H2,1H3,(H,31,33)(H,32,34);3-8,11-12,16,19,22-26H,2,9-10,13-15H2,1H3,(H,31,33);3-8,11-12,15,19,22-26,30H,2,9-10,13-14,16H2,1H3,(H,31,32)/b3*11-8+/t19-,22+,23+,24-,25+,26-;2*19-,22+,23+,24-,25-,26+/m000/s1. The molecule has 6 saturated carbocycles. The van der Waals surface area contributed by atoms with E-state index in [4.69, 9.17) is 18.9 Å². The molecule has 15 rings (SSSR count). The van der Waals surface area contributed by atoms with Gasteiger partial charge in [0.15, 0.2) is 0 Å². The lowest BCUT2D eigenvalue weighted by Gasteiger charge is -2.47. The highest BCUT2D eigenvalue weighted by atomic mass is 32.2. The van der Waals surface area contributed by atoms with Crippen LogP contribution in [0.2, 0.25) is 0 Å². The number of allylic oxidation sites excluding steroid dienone is 3. The summed E-state index contributed by atoms with van der Waals surface area (Å²) in [5.41, 5.74) is 7.38. The van der Waals surface area contributed by atoms with Gasteiger partial charge in [0.05, 0.1) is 48.6 Å². The monoisotopic (exact) mass is 1470 g/mol. The largest absolute Gasteiger partial charge is 0.462 e. The number of carbonyl (C=O) groups is 5. The van der Waals surface area contributed by atoms with Crippen LogP contribution in [0.4, 0.5) is 27.6 Å². The Hall–Kier alpha value is -9.22. The van der Waals surface area contributed by atoms with E-state index in [-0.39, 0.29) is 107 Å². The third-order valence-corrected chi connectivity index (χ3v) is 25.6. The van der Waals surface area contributed by atoms with Crippen LogP contribution in [0.25, 0.3) is 51.6 Å². The molecule has 6 aromatic rings. The number of nitrogens with zero attached hydrogens (tertiary/aromatic N) is 3. The number of alkyl carbamates (subject to hydrolysis) is 3. The van der Waals surface area contributed by atoms with Gasteiger partial charge in [0.1, 0.15) is 23.6 Å². The number of rotatable bonds is 15. The summed E-state index contributed by atoms with van der Waals surface area (Å²) in [6, 6.07) is 31.2. The molecule has 4 amide bonds. The third kappa shape index (κ3) is 18.1. The number of sulfonamides is 1. The Kier molecular flexibility index (Phi) is 24.2. The molecule has 3 saturated heterocycles. The molecule has 0 unspecified atom stereocenters. The van der Waals surface area contributed by atoms with E-state index in [0.717, 1.165) is 128 Å². The van der Waals surface area contributed by atoms with Gasteiger partial charge in [-0.2, -0.15) is 0 Å². The second kappa shape index (κ2) is 34.1. The minimum absolute atomic E-state index is 0.000537. The molecule has 23 heteroatoms. The molecule has 18 atom stereocenters. The Morgan fingerprint density at radius 2 is 0.896 bits per heavy atom. The highest BCUT2D eigenvalue weighted by Gasteiger charge is 2.55. The third-order valence-electron chi connectivity index (χ3n) is 23.7. The lowest BCUT2D eigenvalue weighted by molar-refractivity contribution is -0.143. The zero-order valence-corrected chi connectivity index (χ0v) is 60.9. The Bertz CT molecular complexity index is 4190. The van der Waals surface area contributed by atoms with Crippen molar-refractivity contribution >= 4 is 58.4 Å². The van der Waals surface area contributed by atoms with Gasteiger partial charge in [-0.05, 0) is 252 Å². The van der Waals surface area contributed by atoms with Crippen molar-refractivity contribution in [1.82, 2.24) is 40.9 Å². The second-order valence-corrected chi connectivity index (χ2v) is 31.9. The molecule has 3 aromatic carbocycles. The molecule has 5 N–H and O–H groups in total. The molecule has 3 aliphatic heterocycles. The number of hydrogen-bond donors (Lipinski definition) is 5. The SMILES string of the molecule is CCOC(=O)N[C@@H]1CC[C@@H]2[C@@H](C1)C[C@@H]1[C@@H](CNS1(=O)=O)[C@H]2/C=C/c1ccc(-c2cccc(F)c2)cn1.CCOC(=O)N[C@@H]1CC[C@@H]2[C@@H](C1)C[C@H]1C(=O)NC[C@H]1[C@H]2/C=C/c1ccc(-c2cccc(F)c2)cn1.CCOC(=O)N[C@@H]1CC[C@@H]2[C@@H](C1)C[C@H]1OC(=O)C[C@H]1[C@H]2/C=C/c1ccc(-c2cccc(F)c2)cn1. The van der Waals surface area contributed by atoms with E-state index in [1.54, 1.807) is 57.6 Å². The minimum Gasteiger partial charge on any atom is -0.462 e. The molecule has 6 heterocycles. The van der Waals surface area contributed by atoms with Gasteiger partial charge >= 0.3 is 24.2 Å². The van der Waals surface area contributed by atoms with Gasteiger partial charge in [-0.25, -0.2) is 40.7 Å². The normalized spacial score (nSPS) is 30.2. The number of aromatic nitrogens is 3. The average molecular weight is 1470 g/mol. The molecule has 0 bridgehead atoms. The molecule has 0 radical (unpaired) electrons. The Labute approximate surface area is 618 Å². The van der Waals surface area contributed by atoms with E-state index in [0.29, 0.717) is 74.7 Å². The zero-order chi connectivity index (χ0) is 74.0. The van der Waals surface area contributed by atoms with Gasteiger partial charge < -0.3 is 40.2 Å². The van der Waals surface area contributed by atoms with Crippen molar-refractivity contribution in [2.75, 3.05) is 32.9 Å². The number of halogens is 3. The molecule has 0 spiro atoms. The van der Waals surface area contributed by atoms with Gasteiger partial charge in [0, 0.05) is 78.3 Å². The number of fused-ring (bicyclic) bond motifs is 6. The summed E-state index contributed by atoms with van der Waals surface area (Å²) in [5, 5.41) is 11.6. The number of ether oxygens (including phenoxy) is 4. The van der Waals surface area contributed by atoms with Crippen molar-refractivity contribution < 1.29 is 64.5 Å². The summed E-state index contributed by atoms with van der Waals surface area (Å²) in [4.78, 5) is 74.2. The lowest BCUT2D eigenvalue weighted by atomic mass is 9.58. The highest BCUT2D eigenvalue weighted by Crippen LogP contribution is 2.54. The van der Waals surface area contributed by atoms with E-state index in [1.165, 1.54) is 36.4 Å². The van der Waals surface area contributed by atoms with Crippen LogP contribution in [0.15, 0.2) is 146 Å². The number of amides is 4. The van der Waals surface area contributed by atoms with Gasteiger partial charge in [0.2, 0.25) is 15.9 Å². The lowest BCUT2D eigenvalue weighted by Crippen LogP contribution is -2.49. The Morgan fingerprint density at radius 3 is 1.30 bits per heavy atom. The first kappa shape index (κ1) is 75.0. The molecular formula is C83H95F3N8O11S. The smallest absolute Gasteiger partial charge is 0.407 e. The van der Waals surface area contributed by atoms with E-state index in [9.17, 15) is 45.6 Å². The van der Waals surface area contributed by atoms with Crippen molar-refractivity contribution in [3.8, 4) is 33.4 Å². The van der Waals surface area contributed by atoms with Crippen LogP contribution < -0.4 is 26.0 Å². The van der Waals surface area contributed by atoms with Crippen LogP contribution in [0.5, 0.6) is 0 Å². The minimum atomic E-state index is -3.34. The van der Waals surface area contributed by atoms with Crippen LogP contribution in [0, 0.1) is 94.4 Å². The molecule has 560 valence electrons. The summed E-state index contributed by atoms with van der Waals surface area (Å²) in [6.45, 7) is 7.59. The molecule has 9 aliphatic rings. The van der Waals surface area contributed by atoms with Crippen LogP contribution >= 0.6 is 0 Å². The number of carbonyl (C=O) groups excluding carboxylic acids is 5. The molecule has 106 heavy (non-hydrogen) atoms. The number of hydrogen-bond acceptors (Lipinski definition) is 14. The van der Waals surface area contributed by atoms with Crippen molar-refractivity contribution in [1.29, 1.82) is 0 Å². The summed E-state index contributed by atoms with van der Waals surface area (Å²) < 4.78 is 89.9. The maximum atomic E-state index is 13.6. The predicted molar refractivity (Wildman–Crippen MR) is 397 cm³/mol. The highest BCUT2D eigenvalue weighted by molar-refractivity contribution is 7.90. The summed E-state index contributed by atoms with van der Waals surface area (Å²) in [7, 11) is -3.34. The molecule has 19 nitrogen and oxygen atoms in total. The predicted octanol–water partition coefficient (Wildman–Crippen LogP) is 14.6. The van der Waals surface area contributed by atoms with E-state index >= 15 is 0 Å². The first-order valence-corrected chi connectivity index (χ1v) is 39.4. The number of nitrogens with one attached hydrogen (secondary N) is 5. The number of pyridine rings is 3. The van der Waals surface area contributed by atoms with Gasteiger partial charge in [0.25, 0.3) is 0 Å². The average Bonchev–Trinajstić information content (AvgIpc) is 1.56.